The molecule has 4 nitrogen and oxygen atoms in total. The van der Waals surface area contributed by atoms with E-state index in [2.05, 4.69) is 32.0 Å². The Bertz CT molecular complexity index is 481. The summed E-state index contributed by atoms with van der Waals surface area (Å²) in [6.07, 6.45) is 0.414. The van der Waals surface area contributed by atoms with Crippen molar-refractivity contribution in [2.75, 3.05) is 13.2 Å². The van der Waals surface area contributed by atoms with Gasteiger partial charge in [-0.1, -0.05) is 26.0 Å². The van der Waals surface area contributed by atoms with Crippen molar-refractivity contribution in [3.05, 3.63) is 29.3 Å². The summed E-state index contributed by atoms with van der Waals surface area (Å²) in [5, 5.41) is 0. The normalized spacial score (nSPS) is 13.9. The lowest BCUT2D eigenvalue weighted by Crippen LogP contribution is -2.47. The van der Waals surface area contributed by atoms with Crippen molar-refractivity contribution in [3.63, 3.8) is 0 Å². The molecule has 0 amide bonds. The van der Waals surface area contributed by atoms with E-state index in [-0.39, 0.29) is 5.97 Å². The maximum absolute atomic E-state index is 11.7. The van der Waals surface area contributed by atoms with Gasteiger partial charge in [0.05, 0.1) is 13.2 Å². The fraction of sp³-hybridized carbons (Fsp3) is 0.588. The molecule has 0 saturated heterocycles. The van der Waals surface area contributed by atoms with Crippen molar-refractivity contribution >= 4 is 5.97 Å². The highest BCUT2D eigenvalue weighted by atomic mass is 16.5. The molecule has 0 aliphatic carbocycles. The van der Waals surface area contributed by atoms with Crippen LogP contribution in [-0.2, 0) is 9.53 Å². The van der Waals surface area contributed by atoms with Crippen molar-refractivity contribution in [2.24, 2.45) is 5.73 Å². The van der Waals surface area contributed by atoms with E-state index in [1.165, 1.54) is 5.56 Å². The summed E-state index contributed by atoms with van der Waals surface area (Å²) in [4.78, 5) is 11.7. The Kier molecular flexibility index (Phi) is 6.21. The van der Waals surface area contributed by atoms with E-state index in [1.807, 2.05) is 6.92 Å². The summed E-state index contributed by atoms with van der Waals surface area (Å²) in [5.41, 5.74) is 7.27. The topological polar surface area (TPSA) is 61.5 Å². The third kappa shape index (κ3) is 5.05. The number of hydrogen-bond acceptors (Lipinski definition) is 4. The number of benzene rings is 1. The van der Waals surface area contributed by atoms with Crippen LogP contribution in [0.4, 0.5) is 0 Å². The van der Waals surface area contributed by atoms with Gasteiger partial charge in [0, 0.05) is 6.42 Å². The lowest BCUT2D eigenvalue weighted by atomic mass is 10.00. The summed E-state index contributed by atoms with van der Waals surface area (Å²) >= 11 is 0. The van der Waals surface area contributed by atoms with Crippen LogP contribution in [-0.4, -0.2) is 24.7 Å². The van der Waals surface area contributed by atoms with E-state index in [4.69, 9.17) is 15.2 Å². The summed E-state index contributed by atoms with van der Waals surface area (Å²) in [6, 6.07) is 6.22. The van der Waals surface area contributed by atoms with Crippen LogP contribution in [0.2, 0.25) is 0 Å². The molecule has 1 rings (SSSR count). The number of nitrogens with two attached hydrogens (primary N) is 1. The maximum atomic E-state index is 11.7. The summed E-state index contributed by atoms with van der Waals surface area (Å²) in [6.45, 7) is 10.5. The van der Waals surface area contributed by atoms with Crippen LogP contribution in [0.25, 0.3) is 0 Å². The quantitative estimate of drug-likeness (QED) is 0.784. The standard InChI is InChI=1S/C17H27NO3/c1-6-20-16(19)17(5,18)9-10-21-15-11-14(12(2)3)8-7-13(15)4/h7-8,11-12H,6,9-10,18H2,1-5H3. The summed E-state index contributed by atoms with van der Waals surface area (Å²) in [7, 11) is 0. The number of hydrogen-bond donors (Lipinski definition) is 1. The molecule has 0 aliphatic rings. The van der Waals surface area contributed by atoms with Crippen LogP contribution >= 0.6 is 0 Å². The molecule has 1 aromatic rings. The molecular weight excluding hydrogens is 266 g/mol. The number of aryl methyl sites for hydroxylation is 1. The Morgan fingerprint density at radius 3 is 2.62 bits per heavy atom. The molecule has 4 heteroatoms. The SMILES string of the molecule is CCOC(=O)C(C)(N)CCOc1cc(C(C)C)ccc1C. The van der Waals surface area contributed by atoms with Gasteiger partial charge in [-0.25, -0.2) is 0 Å². The molecule has 0 fully saturated rings. The molecule has 0 aliphatic heterocycles. The average molecular weight is 293 g/mol. The third-order valence-corrected chi connectivity index (χ3v) is 3.50. The van der Waals surface area contributed by atoms with Crippen LogP contribution < -0.4 is 10.5 Å². The van der Waals surface area contributed by atoms with Crippen LogP contribution in [0.3, 0.4) is 0 Å². The second-order valence-electron chi connectivity index (χ2n) is 5.92. The number of ether oxygens (including phenoxy) is 2. The van der Waals surface area contributed by atoms with Gasteiger partial charge < -0.3 is 15.2 Å². The second-order valence-corrected chi connectivity index (χ2v) is 5.92. The molecule has 0 bridgehead atoms. The Balaban J connectivity index is 2.63. The first-order chi connectivity index (χ1) is 9.77. The predicted octanol–water partition coefficient (Wildman–Crippen LogP) is 3.17. The van der Waals surface area contributed by atoms with Crippen molar-refractivity contribution in [1.29, 1.82) is 0 Å². The fourth-order valence-corrected chi connectivity index (χ4v) is 1.90. The van der Waals surface area contributed by atoms with Gasteiger partial charge in [-0.05, 0) is 43.9 Å². The van der Waals surface area contributed by atoms with Gasteiger partial charge in [-0.15, -0.1) is 0 Å². The fourth-order valence-electron chi connectivity index (χ4n) is 1.90. The van der Waals surface area contributed by atoms with Crippen molar-refractivity contribution in [1.82, 2.24) is 0 Å². The summed E-state index contributed by atoms with van der Waals surface area (Å²) < 4.78 is 10.8. The molecule has 2 N–H and O–H groups in total. The Hall–Kier alpha value is -1.55. The third-order valence-electron chi connectivity index (χ3n) is 3.50. The zero-order chi connectivity index (χ0) is 16.0. The first-order valence-electron chi connectivity index (χ1n) is 7.47. The van der Waals surface area contributed by atoms with E-state index in [0.29, 0.717) is 25.6 Å². The van der Waals surface area contributed by atoms with Gasteiger partial charge in [0.2, 0.25) is 0 Å². The number of rotatable bonds is 7. The van der Waals surface area contributed by atoms with E-state index in [1.54, 1.807) is 13.8 Å². The highest BCUT2D eigenvalue weighted by Crippen LogP contribution is 2.24. The molecule has 0 radical (unpaired) electrons. The molecular formula is C17H27NO3. The van der Waals surface area contributed by atoms with E-state index in [0.717, 1.165) is 11.3 Å². The van der Waals surface area contributed by atoms with Crippen molar-refractivity contribution < 1.29 is 14.3 Å². The molecule has 0 saturated carbocycles. The molecule has 1 aromatic carbocycles. The molecule has 0 heterocycles. The molecule has 1 unspecified atom stereocenters. The average Bonchev–Trinajstić information content (AvgIpc) is 2.40. The molecule has 1 atom stereocenters. The maximum Gasteiger partial charge on any atom is 0.325 e. The molecule has 0 spiro atoms. The van der Waals surface area contributed by atoms with Crippen molar-refractivity contribution in [3.8, 4) is 5.75 Å². The first-order valence-corrected chi connectivity index (χ1v) is 7.47. The van der Waals surface area contributed by atoms with Gasteiger partial charge >= 0.3 is 5.97 Å². The lowest BCUT2D eigenvalue weighted by Gasteiger charge is -2.22. The Morgan fingerprint density at radius 2 is 2.05 bits per heavy atom. The molecule has 0 aromatic heterocycles. The minimum Gasteiger partial charge on any atom is -0.493 e. The number of carbonyl (C=O) groups excluding carboxylic acids is 1. The van der Waals surface area contributed by atoms with E-state index in [9.17, 15) is 4.79 Å². The number of carbonyl (C=O) groups is 1. The summed E-state index contributed by atoms with van der Waals surface area (Å²) in [5.74, 6) is 0.911. The minimum atomic E-state index is -1.01. The Morgan fingerprint density at radius 1 is 1.38 bits per heavy atom. The lowest BCUT2D eigenvalue weighted by molar-refractivity contribution is -0.149. The zero-order valence-corrected chi connectivity index (χ0v) is 13.7. The predicted molar refractivity (Wildman–Crippen MR) is 84.6 cm³/mol. The van der Waals surface area contributed by atoms with Gasteiger partial charge in [-0.2, -0.15) is 0 Å². The molecule has 21 heavy (non-hydrogen) atoms. The minimum absolute atomic E-state index is 0.335. The van der Waals surface area contributed by atoms with Gasteiger partial charge in [0.1, 0.15) is 11.3 Å². The molecule has 118 valence electrons. The van der Waals surface area contributed by atoms with Crippen LogP contribution in [0.1, 0.15) is 51.2 Å². The Labute approximate surface area is 127 Å². The smallest absolute Gasteiger partial charge is 0.325 e. The van der Waals surface area contributed by atoms with Crippen LogP contribution in [0.5, 0.6) is 5.75 Å². The first kappa shape index (κ1) is 17.5. The van der Waals surface area contributed by atoms with E-state index >= 15 is 0 Å². The highest BCUT2D eigenvalue weighted by molar-refractivity contribution is 5.79. The second kappa shape index (κ2) is 7.46. The monoisotopic (exact) mass is 293 g/mol. The number of esters is 1. The largest absolute Gasteiger partial charge is 0.493 e. The van der Waals surface area contributed by atoms with Gasteiger partial charge in [0.15, 0.2) is 0 Å². The van der Waals surface area contributed by atoms with Crippen LogP contribution in [0.15, 0.2) is 18.2 Å². The van der Waals surface area contributed by atoms with E-state index < -0.39 is 5.54 Å². The highest BCUT2D eigenvalue weighted by Gasteiger charge is 2.29. The van der Waals surface area contributed by atoms with Gasteiger partial charge in [-0.3, -0.25) is 4.79 Å². The van der Waals surface area contributed by atoms with Crippen molar-refractivity contribution in [2.45, 2.75) is 52.5 Å². The van der Waals surface area contributed by atoms with Crippen LogP contribution in [0, 0.1) is 6.92 Å². The zero-order valence-electron chi connectivity index (χ0n) is 13.7. The van der Waals surface area contributed by atoms with Gasteiger partial charge in [0.25, 0.3) is 0 Å².